The van der Waals surface area contributed by atoms with Crippen molar-refractivity contribution in [3.8, 4) is 5.75 Å². The molecule has 0 saturated carbocycles. The number of hydrogen-bond acceptors (Lipinski definition) is 4. The molecule has 0 heterocycles. The number of alkyl halides is 2. The molecule has 9 heteroatoms. The zero-order valence-electron chi connectivity index (χ0n) is 14.3. The molecule has 0 bridgehead atoms. The molecule has 0 aliphatic carbocycles. The molecular formula is C16H24F2IN3O3. The third kappa shape index (κ3) is 10.0. The van der Waals surface area contributed by atoms with Crippen molar-refractivity contribution < 1.29 is 23.0 Å². The molecule has 0 aromatic heterocycles. The molecule has 1 aromatic rings. The molecule has 25 heavy (non-hydrogen) atoms. The maximum absolute atomic E-state index is 12.4. The van der Waals surface area contributed by atoms with E-state index in [0.717, 1.165) is 0 Å². The average molecular weight is 471 g/mol. The van der Waals surface area contributed by atoms with E-state index in [1.807, 2.05) is 0 Å². The van der Waals surface area contributed by atoms with Gasteiger partial charge in [-0.2, -0.15) is 8.78 Å². The van der Waals surface area contributed by atoms with Crippen LogP contribution < -0.4 is 15.4 Å². The van der Waals surface area contributed by atoms with E-state index in [9.17, 15) is 13.6 Å². The van der Waals surface area contributed by atoms with E-state index in [1.165, 1.54) is 6.07 Å². The summed E-state index contributed by atoms with van der Waals surface area (Å²) in [6, 6.07) is 6.55. The number of hydrogen-bond donors (Lipinski definition) is 2. The molecule has 0 unspecified atom stereocenters. The number of nitrogens with one attached hydrogen (secondary N) is 2. The minimum Gasteiger partial charge on any atom is -0.466 e. The number of nitrogens with zero attached hydrogens (tertiary/aromatic N) is 1. The predicted octanol–water partition coefficient (Wildman–Crippen LogP) is 2.91. The van der Waals surface area contributed by atoms with Gasteiger partial charge in [-0.1, -0.05) is 18.2 Å². The molecule has 0 atom stereocenters. The van der Waals surface area contributed by atoms with E-state index in [4.69, 9.17) is 4.74 Å². The number of halogens is 3. The normalized spacial score (nSPS) is 10.8. The summed E-state index contributed by atoms with van der Waals surface area (Å²) >= 11 is 0. The van der Waals surface area contributed by atoms with Gasteiger partial charge < -0.3 is 20.1 Å². The number of carbonyl (C=O) groups excluding carboxylic acids is 1. The van der Waals surface area contributed by atoms with Crippen molar-refractivity contribution >= 4 is 35.9 Å². The van der Waals surface area contributed by atoms with Crippen LogP contribution in [0.3, 0.4) is 0 Å². The minimum absolute atomic E-state index is 0. The lowest BCUT2D eigenvalue weighted by molar-refractivity contribution is -0.143. The van der Waals surface area contributed by atoms with Gasteiger partial charge >= 0.3 is 12.6 Å². The second-order valence-electron chi connectivity index (χ2n) is 4.75. The summed E-state index contributed by atoms with van der Waals surface area (Å²) < 4.78 is 34.1. The van der Waals surface area contributed by atoms with Gasteiger partial charge in [-0.05, 0) is 19.4 Å². The molecule has 1 aromatic carbocycles. The standard InChI is InChI=1S/C16H23F2N3O3.HI/c1-3-23-14(22)9-6-10-20-16(19-2)21-11-12-7-4-5-8-13(12)24-15(17)18;/h4-5,7-8,15H,3,6,9-11H2,1-2H3,(H2,19,20,21);1H. The number of guanidine groups is 1. The fraction of sp³-hybridized carbons (Fsp3) is 0.500. The van der Waals surface area contributed by atoms with Crippen molar-refractivity contribution in [2.75, 3.05) is 20.2 Å². The van der Waals surface area contributed by atoms with Crippen LogP contribution in [0.5, 0.6) is 5.75 Å². The Labute approximate surface area is 163 Å². The number of esters is 1. The Kier molecular flexibility index (Phi) is 12.7. The Morgan fingerprint density at radius 1 is 1.28 bits per heavy atom. The largest absolute Gasteiger partial charge is 0.466 e. The highest BCUT2D eigenvalue weighted by atomic mass is 127. The maximum Gasteiger partial charge on any atom is 0.387 e. The Morgan fingerprint density at radius 3 is 2.64 bits per heavy atom. The summed E-state index contributed by atoms with van der Waals surface area (Å²) in [5.41, 5.74) is 0.590. The van der Waals surface area contributed by atoms with Crippen LogP contribution in [0, 0.1) is 0 Å². The van der Waals surface area contributed by atoms with Crippen LogP contribution in [0.2, 0.25) is 0 Å². The zero-order valence-corrected chi connectivity index (χ0v) is 16.6. The SMILES string of the molecule is CCOC(=O)CCCNC(=NC)NCc1ccccc1OC(F)F.I. The molecule has 0 saturated heterocycles. The quantitative estimate of drug-likeness (QED) is 0.191. The van der Waals surface area contributed by atoms with Gasteiger partial charge in [0.2, 0.25) is 0 Å². The van der Waals surface area contributed by atoms with E-state index in [2.05, 4.69) is 20.4 Å². The van der Waals surface area contributed by atoms with Crippen molar-refractivity contribution in [1.82, 2.24) is 10.6 Å². The number of para-hydroxylation sites is 1. The zero-order chi connectivity index (χ0) is 17.8. The molecule has 0 aliphatic heterocycles. The molecular weight excluding hydrogens is 447 g/mol. The molecule has 0 aliphatic rings. The highest BCUT2D eigenvalue weighted by Gasteiger charge is 2.09. The van der Waals surface area contributed by atoms with Crippen LogP contribution in [-0.2, 0) is 16.1 Å². The Bertz CT molecular complexity index is 545. The molecule has 1 rings (SSSR count). The highest BCUT2D eigenvalue weighted by Crippen LogP contribution is 2.19. The molecule has 0 fully saturated rings. The Balaban J connectivity index is 0.00000576. The first-order valence-corrected chi connectivity index (χ1v) is 7.69. The monoisotopic (exact) mass is 471 g/mol. The predicted molar refractivity (Wildman–Crippen MR) is 103 cm³/mol. The van der Waals surface area contributed by atoms with Gasteiger partial charge in [0.1, 0.15) is 5.75 Å². The minimum atomic E-state index is -2.87. The van der Waals surface area contributed by atoms with Crippen LogP contribution in [0.15, 0.2) is 29.3 Å². The maximum atomic E-state index is 12.4. The van der Waals surface area contributed by atoms with Gasteiger partial charge in [0.05, 0.1) is 6.61 Å². The molecule has 0 spiro atoms. The van der Waals surface area contributed by atoms with Crippen LogP contribution in [0.25, 0.3) is 0 Å². The first-order valence-electron chi connectivity index (χ1n) is 7.69. The van der Waals surface area contributed by atoms with Crippen LogP contribution >= 0.6 is 24.0 Å². The summed E-state index contributed by atoms with van der Waals surface area (Å²) in [5, 5.41) is 6.05. The molecule has 2 N–H and O–H groups in total. The third-order valence-electron chi connectivity index (χ3n) is 3.01. The van der Waals surface area contributed by atoms with Crippen molar-refractivity contribution in [2.45, 2.75) is 32.9 Å². The van der Waals surface area contributed by atoms with Crippen molar-refractivity contribution in [3.63, 3.8) is 0 Å². The van der Waals surface area contributed by atoms with E-state index >= 15 is 0 Å². The van der Waals surface area contributed by atoms with Crippen LogP contribution in [-0.4, -0.2) is 38.7 Å². The summed E-state index contributed by atoms with van der Waals surface area (Å²) in [5.74, 6) is 0.392. The highest BCUT2D eigenvalue weighted by molar-refractivity contribution is 14.0. The number of ether oxygens (including phenoxy) is 2. The van der Waals surface area contributed by atoms with E-state index in [0.29, 0.717) is 37.5 Å². The lowest BCUT2D eigenvalue weighted by Crippen LogP contribution is -2.37. The Hall–Kier alpha value is -1.65. The summed E-state index contributed by atoms with van der Waals surface area (Å²) in [4.78, 5) is 15.3. The van der Waals surface area contributed by atoms with Gasteiger partial charge in [-0.25, -0.2) is 0 Å². The van der Waals surface area contributed by atoms with Crippen molar-refractivity contribution in [2.24, 2.45) is 4.99 Å². The summed E-state index contributed by atoms with van der Waals surface area (Å²) in [7, 11) is 1.60. The average Bonchev–Trinajstić information content (AvgIpc) is 2.55. The molecule has 142 valence electrons. The number of benzene rings is 1. The van der Waals surface area contributed by atoms with Gasteiger partial charge in [0, 0.05) is 32.1 Å². The van der Waals surface area contributed by atoms with E-state index in [1.54, 1.807) is 32.2 Å². The topological polar surface area (TPSA) is 72.0 Å². The van der Waals surface area contributed by atoms with E-state index in [-0.39, 0.29) is 42.2 Å². The van der Waals surface area contributed by atoms with Crippen LogP contribution in [0.4, 0.5) is 8.78 Å². The fourth-order valence-electron chi connectivity index (χ4n) is 1.93. The molecule has 0 amide bonds. The third-order valence-corrected chi connectivity index (χ3v) is 3.01. The fourth-order valence-corrected chi connectivity index (χ4v) is 1.93. The Morgan fingerprint density at radius 2 is 2.00 bits per heavy atom. The second kappa shape index (κ2) is 13.6. The van der Waals surface area contributed by atoms with Crippen LogP contribution in [0.1, 0.15) is 25.3 Å². The first kappa shape index (κ1) is 23.4. The lowest BCUT2D eigenvalue weighted by Gasteiger charge is -2.14. The van der Waals surface area contributed by atoms with Gasteiger partial charge in [0.15, 0.2) is 5.96 Å². The van der Waals surface area contributed by atoms with Gasteiger partial charge in [-0.15, -0.1) is 24.0 Å². The van der Waals surface area contributed by atoms with Crippen molar-refractivity contribution in [3.05, 3.63) is 29.8 Å². The second-order valence-corrected chi connectivity index (χ2v) is 4.75. The lowest BCUT2D eigenvalue weighted by atomic mass is 10.2. The van der Waals surface area contributed by atoms with Gasteiger partial charge in [0.25, 0.3) is 0 Å². The number of carbonyl (C=O) groups is 1. The summed E-state index contributed by atoms with van der Waals surface area (Å²) in [6.45, 7) is 0.0766. The first-order chi connectivity index (χ1) is 11.6. The number of aliphatic imine (C=N–C) groups is 1. The van der Waals surface area contributed by atoms with Crippen molar-refractivity contribution in [1.29, 1.82) is 0 Å². The summed E-state index contributed by atoms with van der Waals surface area (Å²) in [6.07, 6.45) is 0.924. The molecule has 6 nitrogen and oxygen atoms in total. The smallest absolute Gasteiger partial charge is 0.387 e. The number of rotatable bonds is 9. The molecule has 0 radical (unpaired) electrons. The van der Waals surface area contributed by atoms with E-state index < -0.39 is 6.61 Å². The van der Waals surface area contributed by atoms with Gasteiger partial charge in [-0.3, -0.25) is 9.79 Å².